The van der Waals surface area contributed by atoms with Crippen LogP contribution >= 0.6 is 24.8 Å². The van der Waals surface area contributed by atoms with Gasteiger partial charge in [-0.2, -0.15) is 0 Å². The van der Waals surface area contributed by atoms with E-state index in [4.69, 9.17) is 0 Å². The van der Waals surface area contributed by atoms with Crippen LogP contribution in [0, 0.1) is 18.7 Å². The van der Waals surface area contributed by atoms with Crippen LogP contribution in [0.25, 0.3) is 0 Å². The minimum absolute atomic E-state index is 0. The van der Waals surface area contributed by atoms with Crippen molar-refractivity contribution in [1.29, 1.82) is 0 Å². The van der Waals surface area contributed by atoms with E-state index in [1.807, 2.05) is 6.07 Å². The van der Waals surface area contributed by atoms with Crippen molar-refractivity contribution in [3.8, 4) is 0 Å². The number of nitrogens with zero attached hydrogens (tertiary/aromatic N) is 1. The van der Waals surface area contributed by atoms with E-state index in [0.29, 0.717) is 12.0 Å². The molecule has 0 saturated carbocycles. The summed E-state index contributed by atoms with van der Waals surface area (Å²) in [7, 11) is 0. The maximum Gasteiger partial charge on any atom is 0.123 e. The number of halogens is 3. The SMILES string of the molecule is Cc1ccc(F)cc1[C@@H](CCC(C)C)N1CCNCC1.Cl.Cl. The number of hydrogen-bond acceptors (Lipinski definition) is 2. The summed E-state index contributed by atoms with van der Waals surface area (Å²) in [6, 6.07) is 5.57. The van der Waals surface area contributed by atoms with Gasteiger partial charge < -0.3 is 5.32 Å². The molecule has 0 unspecified atom stereocenters. The summed E-state index contributed by atoms with van der Waals surface area (Å²) in [6.07, 6.45) is 2.30. The highest BCUT2D eigenvalue weighted by Crippen LogP contribution is 2.30. The van der Waals surface area contributed by atoms with E-state index in [0.717, 1.165) is 32.6 Å². The Morgan fingerprint density at radius 2 is 1.77 bits per heavy atom. The van der Waals surface area contributed by atoms with Crippen molar-refractivity contribution in [3.63, 3.8) is 0 Å². The van der Waals surface area contributed by atoms with Crippen LogP contribution in [0.15, 0.2) is 18.2 Å². The first-order valence-electron chi connectivity index (χ1n) is 7.78. The van der Waals surface area contributed by atoms with E-state index in [2.05, 4.69) is 31.0 Å². The molecule has 128 valence electrons. The number of rotatable bonds is 5. The summed E-state index contributed by atoms with van der Waals surface area (Å²) in [4.78, 5) is 2.51. The summed E-state index contributed by atoms with van der Waals surface area (Å²) in [5, 5.41) is 3.40. The van der Waals surface area contributed by atoms with Gasteiger partial charge in [-0.05, 0) is 48.9 Å². The molecule has 1 fully saturated rings. The van der Waals surface area contributed by atoms with Gasteiger partial charge in [0.15, 0.2) is 0 Å². The number of benzene rings is 1. The molecule has 0 aliphatic carbocycles. The van der Waals surface area contributed by atoms with E-state index < -0.39 is 0 Å². The largest absolute Gasteiger partial charge is 0.314 e. The second-order valence-corrected chi connectivity index (χ2v) is 6.27. The third kappa shape index (κ3) is 6.04. The van der Waals surface area contributed by atoms with Gasteiger partial charge in [-0.3, -0.25) is 4.90 Å². The molecule has 22 heavy (non-hydrogen) atoms. The van der Waals surface area contributed by atoms with Crippen LogP contribution in [0.4, 0.5) is 4.39 Å². The minimum atomic E-state index is -0.115. The first-order valence-corrected chi connectivity index (χ1v) is 7.78. The molecule has 1 aromatic rings. The Hall–Kier alpha value is -0.350. The van der Waals surface area contributed by atoms with Crippen molar-refractivity contribution >= 4 is 24.8 Å². The van der Waals surface area contributed by atoms with Crippen LogP contribution < -0.4 is 5.32 Å². The summed E-state index contributed by atoms with van der Waals surface area (Å²) in [6.45, 7) is 10.8. The molecule has 2 rings (SSSR count). The van der Waals surface area contributed by atoms with Crippen LogP contribution in [-0.4, -0.2) is 31.1 Å². The Morgan fingerprint density at radius 3 is 2.36 bits per heavy atom. The highest BCUT2D eigenvalue weighted by molar-refractivity contribution is 5.85. The first kappa shape index (κ1) is 21.6. The molecule has 0 amide bonds. The summed E-state index contributed by atoms with van der Waals surface area (Å²) in [5.41, 5.74) is 2.38. The topological polar surface area (TPSA) is 15.3 Å². The van der Waals surface area contributed by atoms with Gasteiger partial charge in [-0.1, -0.05) is 19.9 Å². The van der Waals surface area contributed by atoms with Gasteiger partial charge in [0.1, 0.15) is 5.82 Å². The maximum atomic E-state index is 13.6. The predicted molar refractivity (Wildman–Crippen MR) is 96.9 cm³/mol. The average Bonchev–Trinajstić information content (AvgIpc) is 2.43. The highest BCUT2D eigenvalue weighted by Gasteiger charge is 2.23. The second-order valence-electron chi connectivity index (χ2n) is 6.27. The molecule has 1 aliphatic rings. The fourth-order valence-corrected chi connectivity index (χ4v) is 2.99. The monoisotopic (exact) mass is 350 g/mol. The Labute approximate surface area is 146 Å². The lowest BCUT2D eigenvalue weighted by Crippen LogP contribution is -2.45. The van der Waals surface area contributed by atoms with Crippen LogP contribution in [0.3, 0.4) is 0 Å². The van der Waals surface area contributed by atoms with Crippen LogP contribution in [-0.2, 0) is 0 Å². The molecule has 0 aromatic heterocycles. The lowest BCUT2D eigenvalue weighted by molar-refractivity contribution is 0.159. The summed E-state index contributed by atoms with van der Waals surface area (Å²) >= 11 is 0. The fraction of sp³-hybridized carbons (Fsp3) is 0.647. The Balaban J connectivity index is 0.00000220. The normalized spacial score (nSPS) is 16.8. The van der Waals surface area contributed by atoms with Gasteiger partial charge in [-0.25, -0.2) is 4.39 Å². The van der Waals surface area contributed by atoms with Crippen LogP contribution in [0.2, 0.25) is 0 Å². The van der Waals surface area contributed by atoms with Gasteiger partial charge >= 0.3 is 0 Å². The highest BCUT2D eigenvalue weighted by atomic mass is 35.5. The Bertz CT molecular complexity index is 435. The van der Waals surface area contributed by atoms with Gasteiger partial charge in [0.05, 0.1) is 0 Å². The zero-order chi connectivity index (χ0) is 14.5. The minimum Gasteiger partial charge on any atom is -0.314 e. The van der Waals surface area contributed by atoms with Gasteiger partial charge in [-0.15, -0.1) is 24.8 Å². The summed E-state index contributed by atoms with van der Waals surface area (Å²) < 4.78 is 13.6. The maximum absolute atomic E-state index is 13.6. The zero-order valence-corrected chi connectivity index (χ0v) is 15.4. The van der Waals surface area contributed by atoms with Gasteiger partial charge in [0.2, 0.25) is 0 Å². The average molecular weight is 351 g/mol. The predicted octanol–water partition coefficient (Wildman–Crippen LogP) is 4.36. The molecule has 1 aromatic carbocycles. The molecule has 2 nitrogen and oxygen atoms in total. The third-order valence-electron chi connectivity index (χ3n) is 4.21. The number of nitrogens with one attached hydrogen (secondary N) is 1. The molecular weight excluding hydrogens is 322 g/mol. The molecular formula is C17H29Cl2FN2. The van der Waals surface area contributed by atoms with Crippen LogP contribution in [0.1, 0.15) is 43.9 Å². The Morgan fingerprint density at radius 1 is 1.14 bits per heavy atom. The van der Waals surface area contributed by atoms with E-state index in [9.17, 15) is 4.39 Å². The van der Waals surface area contributed by atoms with Crippen LogP contribution in [0.5, 0.6) is 0 Å². The molecule has 0 radical (unpaired) electrons. The molecule has 1 aliphatic heterocycles. The molecule has 0 spiro atoms. The lowest BCUT2D eigenvalue weighted by atomic mass is 9.93. The molecule has 0 bridgehead atoms. The standard InChI is InChI=1S/C17H27FN2.2ClH/c1-13(2)4-7-17(20-10-8-19-9-11-20)16-12-15(18)6-5-14(16)3;;/h5-6,12-13,17,19H,4,7-11H2,1-3H3;2*1H/t17-;;/m1../s1. The van der Waals surface area contributed by atoms with Gasteiger partial charge in [0, 0.05) is 32.2 Å². The quantitative estimate of drug-likeness (QED) is 0.848. The zero-order valence-electron chi connectivity index (χ0n) is 13.8. The summed E-state index contributed by atoms with van der Waals surface area (Å²) in [5.74, 6) is 0.574. The second kappa shape index (κ2) is 10.4. The van der Waals surface area contributed by atoms with E-state index in [-0.39, 0.29) is 30.6 Å². The fourth-order valence-electron chi connectivity index (χ4n) is 2.99. The van der Waals surface area contributed by atoms with Crippen molar-refractivity contribution in [2.24, 2.45) is 5.92 Å². The molecule has 1 N–H and O–H groups in total. The Kier molecular flexibility index (Phi) is 10.3. The molecule has 1 saturated heterocycles. The smallest absolute Gasteiger partial charge is 0.123 e. The molecule has 1 atom stereocenters. The van der Waals surface area contributed by atoms with E-state index >= 15 is 0 Å². The van der Waals surface area contributed by atoms with Crippen molar-refractivity contribution in [1.82, 2.24) is 10.2 Å². The van der Waals surface area contributed by atoms with Crippen molar-refractivity contribution in [2.75, 3.05) is 26.2 Å². The molecule has 5 heteroatoms. The first-order chi connectivity index (χ1) is 9.58. The van der Waals surface area contributed by atoms with Gasteiger partial charge in [0.25, 0.3) is 0 Å². The van der Waals surface area contributed by atoms with E-state index in [1.165, 1.54) is 17.5 Å². The van der Waals surface area contributed by atoms with E-state index in [1.54, 1.807) is 12.1 Å². The third-order valence-corrected chi connectivity index (χ3v) is 4.21. The number of hydrogen-bond donors (Lipinski definition) is 1. The number of aryl methyl sites for hydroxylation is 1. The number of piperazine rings is 1. The van der Waals surface area contributed by atoms with Crippen molar-refractivity contribution in [3.05, 3.63) is 35.1 Å². The lowest BCUT2D eigenvalue weighted by Gasteiger charge is -2.36. The van der Waals surface area contributed by atoms with Crippen molar-refractivity contribution < 1.29 is 4.39 Å². The molecule has 1 heterocycles. The van der Waals surface area contributed by atoms with Crippen molar-refractivity contribution in [2.45, 2.75) is 39.7 Å².